The first-order chi connectivity index (χ1) is 15.6. The first-order valence-electron chi connectivity index (χ1n) is 9.89. The Morgan fingerprint density at radius 3 is 2.52 bits per heavy atom. The number of carbonyl (C=O) groups excluding carboxylic acids is 1. The van der Waals surface area contributed by atoms with E-state index >= 15 is 0 Å². The zero-order valence-corrected chi connectivity index (χ0v) is 19.6. The van der Waals surface area contributed by atoms with Crippen LogP contribution in [0.1, 0.15) is 45.6 Å². The highest BCUT2D eigenvalue weighted by Crippen LogP contribution is 2.49. The minimum Gasteiger partial charge on any atom is -0.374 e. The smallest absolute Gasteiger partial charge is 0.374 e. The third-order valence-electron chi connectivity index (χ3n) is 5.47. The van der Waals surface area contributed by atoms with Crippen LogP contribution in [-0.2, 0) is 16.9 Å². The molecule has 1 aromatic heterocycles. The number of thiazole rings is 1. The Hall–Kier alpha value is -2.42. The number of nitrogens with zero attached hydrogens (tertiary/aromatic N) is 2. The fourth-order valence-electron chi connectivity index (χ4n) is 3.74. The Kier molecular flexibility index (Phi) is 6.53. The van der Waals surface area contributed by atoms with Crippen molar-refractivity contribution in [1.82, 2.24) is 4.98 Å². The molecule has 0 aliphatic carbocycles. The highest BCUT2D eigenvalue weighted by molar-refractivity contribution is 7.07. The number of benzene rings is 2. The van der Waals surface area contributed by atoms with E-state index in [9.17, 15) is 18.0 Å². The number of ketones is 1. The van der Waals surface area contributed by atoms with Gasteiger partial charge in [-0.2, -0.15) is 13.2 Å². The zero-order chi connectivity index (χ0) is 23.8. The molecule has 0 bridgehead atoms. The molecule has 1 atom stereocenters. The molecule has 10 heteroatoms. The lowest BCUT2D eigenvalue weighted by molar-refractivity contribution is -0.275. The molecule has 0 saturated heterocycles. The molecule has 2 heterocycles. The maximum Gasteiger partial charge on any atom is 0.435 e. The van der Waals surface area contributed by atoms with Crippen LogP contribution in [-0.4, -0.2) is 22.7 Å². The third kappa shape index (κ3) is 4.78. The lowest BCUT2D eigenvalue weighted by Crippen LogP contribution is -2.42. The highest BCUT2D eigenvalue weighted by Gasteiger charge is 2.62. The number of oxime groups is 1. The summed E-state index contributed by atoms with van der Waals surface area (Å²) in [6.07, 6.45) is -4.50. The van der Waals surface area contributed by atoms with Gasteiger partial charge in [-0.3, -0.25) is 4.79 Å². The van der Waals surface area contributed by atoms with E-state index in [2.05, 4.69) is 10.1 Å². The van der Waals surface area contributed by atoms with E-state index in [0.717, 1.165) is 5.69 Å². The SMILES string of the molecule is Cc1cc(C2=NOC(c3cc(Cl)cc(Cl)c3)(C(F)(F)F)C2)ccc1C(=O)CCc1cscn1. The van der Waals surface area contributed by atoms with Gasteiger partial charge in [-0.05, 0) is 48.7 Å². The second-order valence-electron chi connectivity index (χ2n) is 7.72. The standard InChI is InChI=1S/C23H17Cl2F3N2O2S/c1-13-6-14(2-4-19(13)21(31)5-3-18-11-33-12-29-18)20-10-22(32-30-20,23(26,27)28)15-7-16(24)9-17(25)8-15/h2,4,6-9,11-12H,3,5,10H2,1H3. The monoisotopic (exact) mass is 512 g/mol. The van der Waals surface area contributed by atoms with Crippen molar-refractivity contribution in [3.8, 4) is 0 Å². The van der Waals surface area contributed by atoms with E-state index in [1.165, 1.54) is 29.5 Å². The topological polar surface area (TPSA) is 51.5 Å². The Bertz CT molecular complexity index is 1210. The number of halogens is 5. The van der Waals surface area contributed by atoms with Crippen LogP contribution >= 0.6 is 34.5 Å². The van der Waals surface area contributed by atoms with E-state index in [0.29, 0.717) is 29.5 Å². The number of rotatable bonds is 6. The van der Waals surface area contributed by atoms with Crippen molar-refractivity contribution in [2.75, 3.05) is 0 Å². The number of alkyl halides is 3. The van der Waals surface area contributed by atoms with Crippen molar-refractivity contribution >= 4 is 46.0 Å². The molecule has 4 nitrogen and oxygen atoms in total. The van der Waals surface area contributed by atoms with Gasteiger partial charge in [-0.15, -0.1) is 11.3 Å². The van der Waals surface area contributed by atoms with Gasteiger partial charge in [-0.1, -0.05) is 40.5 Å². The largest absolute Gasteiger partial charge is 0.435 e. The predicted octanol–water partition coefficient (Wildman–Crippen LogP) is 7.16. The summed E-state index contributed by atoms with van der Waals surface area (Å²) in [4.78, 5) is 21.8. The minimum absolute atomic E-state index is 0.0603. The first kappa shape index (κ1) is 23.7. The summed E-state index contributed by atoms with van der Waals surface area (Å²) in [6, 6.07) is 8.54. The van der Waals surface area contributed by atoms with Crippen LogP contribution in [0.25, 0.3) is 0 Å². The van der Waals surface area contributed by atoms with Crippen LogP contribution in [0.4, 0.5) is 13.2 Å². The summed E-state index contributed by atoms with van der Waals surface area (Å²) < 4.78 is 42.5. The molecule has 4 rings (SSSR count). The van der Waals surface area contributed by atoms with Crippen molar-refractivity contribution < 1.29 is 22.8 Å². The lowest BCUT2D eigenvalue weighted by atomic mass is 9.86. The van der Waals surface area contributed by atoms with E-state index in [1.54, 1.807) is 30.6 Å². The van der Waals surface area contributed by atoms with Crippen LogP contribution in [0.5, 0.6) is 0 Å². The van der Waals surface area contributed by atoms with Crippen molar-refractivity contribution in [3.63, 3.8) is 0 Å². The quantitative estimate of drug-likeness (QED) is 0.329. The normalized spacial score (nSPS) is 18.2. The maximum atomic E-state index is 14.2. The predicted molar refractivity (Wildman–Crippen MR) is 122 cm³/mol. The summed E-state index contributed by atoms with van der Waals surface area (Å²) in [5, 5.41) is 5.79. The molecule has 0 fully saturated rings. The number of aryl methyl sites for hydroxylation is 2. The molecule has 0 spiro atoms. The molecule has 0 N–H and O–H groups in total. The van der Waals surface area contributed by atoms with Gasteiger partial charge in [0.2, 0.25) is 0 Å². The van der Waals surface area contributed by atoms with E-state index < -0.39 is 18.2 Å². The van der Waals surface area contributed by atoms with Crippen LogP contribution in [0.2, 0.25) is 10.0 Å². The van der Waals surface area contributed by atoms with Crippen LogP contribution in [0.3, 0.4) is 0 Å². The fraction of sp³-hybridized carbons (Fsp3) is 0.261. The van der Waals surface area contributed by atoms with Crippen molar-refractivity contribution in [2.24, 2.45) is 5.16 Å². The molecule has 1 unspecified atom stereocenters. The molecule has 3 aromatic rings. The first-order valence-corrected chi connectivity index (χ1v) is 11.6. The Morgan fingerprint density at radius 2 is 1.91 bits per heavy atom. The van der Waals surface area contributed by atoms with Gasteiger partial charge in [-0.25, -0.2) is 4.98 Å². The van der Waals surface area contributed by atoms with Gasteiger partial charge in [0.25, 0.3) is 5.60 Å². The van der Waals surface area contributed by atoms with Crippen molar-refractivity contribution in [3.05, 3.63) is 85.3 Å². The van der Waals surface area contributed by atoms with Gasteiger partial charge in [0.05, 0.1) is 16.9 Å². The Labute approximate surface area is 202 Å². The molecule has 0 saturated carbocycles. The van der Waals surface area contributed by atoms with E-state index in [1.807, 2.05) is 5.38 Å². The third-order valence-corrected chi connectivity index (χ3v) is 6.54. The summed E-state index contributed by atoms with van der Waals surface area (Å²) in [5.74, 6) is -0.0603. The van der Waals surface area contributed by atoms with Gasteiger partial charge >= 0.3 is 6.18 Å². The molecular formula is C23H17Cl2F3N2O2S. The van der Waals surface area contributed by atoms with Gasteiger partial charge < -0.3 is 4.84 Å². The maximum absolute atomic E-state index is 14.2. The van der Waals surface area contributed by atoms with Crippen LogP contribution in [0, 0.1) is 6.92 Å². The molecular weight excluding hydrogens is 496 g/mol. The van der Waals surface area contributed by atoms with E-state index in [4.69, 9.17) is 28.0 Å². The van der Waals surface area contributed by atoms with Crippen molar-refractivity contribution in [1.29, 1.82) is 0 Å². The highest BCUT2D eigenvalue weighted by atomic mass is 35.5. The lowest BCUT2D eigenvalue weighted by Gasteiger charge is -2.29. The summed E-state index contributed by atoms with van der Waals surface area (Å²) >= 11 is 13.3. The molecule has 172 valence electrons. The summed E-state index contributed by atoms with van der Waals surface area (Å²) in [6.45, 7) is 1.74. The Morgan fingerprint density at radius 1 is 1.18 bits per heavy atom. The number of aromatic nitrogens is 1. The van der Waals surface area contributed by atoms with E-state index in [-0.39, 0.29) is 27.1 Å². The molecule has 0 radical (unpaired) electrons. The molecule has 0 amide bonds. The minimum atomic E-state index is -4.77. The molecule has 33 heavy (non-hydrogen) atoms. The van der Waals surface area contributed by atoms with Gasteiger partial charge in [0.15, 0.2) is 5.78 Å². The number of hydrogen-bond acceptors (Lipinski definition) is 5. The summed E-state index contributed by atoms with van der Waals surface area (Å²) in [7, 11) is 0. The van der Waals surface area contributed by atoms with Crippen LogP contribution < -0.4 is 0 Å². The van der Waals surface area contributed by atoms with Gasteiger partial charge in [0.1, 0.15) is 0 Å². The number of hydrogen-bond donors (Lipinski definition) is 0. The molecule has 2 aromatic carbocycles. The van der Waals surface area contributed by atoms with Gasteiger partial charge in [0, 0.05) is 39.4 Å². The Balaban J connectivity index is 1.57. The number of carbonyl (C=O) groups is 1. The zero-order valence-electron chi connectivity index (χ0n) is 17.2. The summed E-state index contributed by atoms with van der Waals surface area (Å²) in [5.41, 5.74) is 1.36. The second kappa shape index (κ2) is 9.08. The fourth-order valence-corrected chi connectivity index (χ4v) is 4.86. The average molecular weight is 513 g/mol. The number of Topliss-reactive ketones (excluding diaryl/α,β-unsaturated/α-hetero) is 1. The average Bonchev–Trinajstić information content (AvgIpc) is 3.41. The van der Waals surface area contributed by atoms with Crippen molar-refractivity contribution in [2.45, 2.75) is 38.0 Å². The molecule has 1 aliphatic rings. The molecule has 1 aliphatic heterocycles. The second-order valence-corrected chi connectivity index (χ2v) is 9.31. The van der Waals surface area contributed by atoms with Crippen LogP contribution in [0.15, 0.2) is 52.4 Å².